The highest BCUT2D eigenvalue weighted by atomic mass is 16.5. The molecule has 1 saturated heterocycles. The summed E-state index contributed by atoms with van der Waals surface area (Å²) in [7, 11) is 0. The Morgan fingerprint density at radius 2 is 2.05 bits per heavy atom. The van der Waals surface area contributed by atoms with Crippen LogP contribution in [-0.2, 0) is 4.74 Å². The van der Waals surface area contributed by atoms with Gasteiger partial charge in [0.15, 0.2) is 0 Å². The highest BCUT2D eigenvalue weighted by Gasteiger charge is 2.42. The van der Waals surface area contributed by atoms with E-state index in [2.05, 4.69) is 38.2 Å². The lowest BCUT2D eigenvalue weighted by molar-refractivity contribution is -0.0594. The molecule has 0 saturated carbocycles. The van der Waals surface area contributed by atoms with Gasteiger partial charge in [-0.3, -0.25) is 0 Å². The number of piperidine rings is 1. The Hall–Kier alpha value is -1.06. The first kappa shape index (κ1) is 13.9. The van der Waals surface area contributed by atoms with E-state index in [1.807, 2.05) is 0 Å². The predicted molar refractivity (Wildman–Crippen MR) is 80.4 cm³/mol. The lowest BCUT2D eigenvalue weighted by Crippen LogP contribution is -2.49. The molecule has 3 heteroatoms. The Labute approximate surface area is 121 Å². The first-order valence-electron chi connectivity index (χ1n) is 7.77. The fourth-order valence-electron chi connectivity index (χ4n) is 3.44. The largest absolute Gasteiger partial charge is 0.486 e. The van der Waals surface area contributed by atoms with Crippen LogP contribution < -0.4 is 10.1 Å². The molecule has 0 aliphatic carbocycles. The third-order valence-corrected chi connectivity index (χ3v) is 4.81. The van der Waals surface area contributed by atoms with Gasteiger partial charge in [-0.25, -0.2) is 0 Å². The van der Waals surface area contributed by atoms with Crippen molar-refractivity contribution in [2.24, 2.45) is 0 Å². The van der Waals surface area contributed by atoms with E-state index >= 15 is 0 Å². The predicted octanol–water partition coefficient (Wildman–Crippen LogP) is 3.29. The van der Waals surface area contributed by atoms with Crippen LogP contribution in [0, 0.1) is 13.8 Å². The van der Waals surface area contributed by atoms with E-state index in [4.69, 9.17) is 9.47 Å². The maximum Gasteiger partial charge on any atom is 0.129 e. The van der Waals surface area contributed by atoms with E-state index in [1.165, 1.54) is 16.7 Å². The normalized spacial score (nSPS) is 24.2. The molecule has 1 fully saturated rings. The van der Waals surface area contributed by atoms with Crippen molar-refractivity contribution in [2.45, 2.75) is 51.7 Å². The first-order chi connectivity index (χ1) is 9.65. The fourth-order valence-corrected chi connectivity index (χ4v) is 3.44. The summed E-state index contributed by atoms with van der Waals surface area (Å²) in [6.07, 6.45) is 3.31. The van der Waals surface area contributed by atoms with Crippen LogP contribution in [0.3, 0.4) is 0 Å². The zero-order chi connectivity index (χ0) is 14.2. The average Bonchev–Trinajstić information content (AvgIpc) is 2.45. The minimum Gasteiger partial charge on any atom is -0.486 e. The molecule has 1 N–H and O–H groups in total. The number of fused-ring (bicyclic) bond motifs is 1. The molecule has 0 bridgehead atoms. The topological polar surface area (TPSA) is 30.5 Å². The summed E-state index contributed by atoms with van der Waals surface area (Å²) in [5.74, 6) is 1.08. The van der Waals surface area contributed by atoms with Crippen LogP contribution in [-0.4, -0.2) is 25.3 Å². The van der Waals surface area contributed by atoms with Crippen molar-refractivity contribution in [2.75, 3.05) is 19.7 Å². The van der Waals surface area contributed by atoms with Crippen molar-refractivity contribution in [3.05, 3.63) is 28.8 Å². The van der Waals surface area contributed by atoms with Gasteiger partial charge in [0.25, 0.3) is 0 Å². The van der Waals surface area contributed by atoms with Gasteiger partial charge in [0, 0.05) is 18.6 Å². The molecule has 0 aromatic heterocycles. The molecule has 1 unspecified atom stereocenters. The van der Waals surface area contributed by atoms with E-state index in [-0.39, 0.29) is 11.7 Å². The summed E-state index contributed by atoms with van der Waals surface area (Å²) in [4.78, 5) is 0. The molecule has 2 aliphatic heterocycles. The minimum atomic E-state index is -0.0311. The van der Waals surface area contributed by atoms with Gasteiger partial charge >= 0.3 is 0 Å². The van der Waals surface area contributed by atoms with Gasteiger partial charge in [-0.1, -0.05) is 12.1 Å². The van der Waals surface area contributed by atoms with Crippen molar-refractivity contribution >= 4 is 0 Å². The molecular formula is C17H25NO2. The summed E-state index contributed by atoms with van der Waals surface area (Å²) in [6.45, 7) is 9.23. The number of hydrogen-bond donors (Lipinski definition) is 1. The van der Waals surface area contributed by atoms with Crippen LogP contribution in [0.5, 0.6) is 5.75 Å². The number of ether oxygens (including phenoxy) is 2. The van der Waals surface area contributed by atoms with E-state index in [0.717, 1.165) is 44.7 Å². The standard InChI is InChI=1S/C17H25NO2/c1-4-19-15-11-17(7-9-18-10-8-17)20-16-13(3)12(2)5-6-14(15)16/h5-6,15,18H,4,7-11H2,1-3H3. The van der Waals surface area contributed by atoms with Crippen LogP contribution in [0.4, 0.5) is 0 Å². The summed E-state index contributed by atoms with van der Waals surface area (Å²) < 4.78 is 12.6. The van der Waals surface area contributed by atoms with Crippen molar-refractivity contribution < 1.29 is 9.47 Å². The van der Waals surface area contributed by atoms with Gasteiger partial charge in [0.2, 0.25) is 0 Å². The Balaban J connectivity index is 2.01. The molecule has 20 heavy (non-hydrogen) atoms. The number of aryl methyl sites for hydroxylation is 1. The van der Waals surface area contributed by atoms with Gasteiger partial charge in [-0.05, 0) is 57.8 Å². The Bertz CT molecular complexity index is 492. The molecule has 1 atom stereocenters. The van der Waals surface area contributed by atoms with Crippen LogP contribution in [0.25, 0.3) is 0 Å². The zero-order valence-corrected chi connectivity index (χ0v) is 12.8. The lowest BCUT2D eigenvalue weighted by Gasteiger charge is -2.45. The molecule has 2 aliphatic rings. The van der Waals surface area contributed by atoms with Crippen LogP contribution >= 0.6 is 0 Å². The highest BCUT2D eigenvalue weighted by Crippen LogP contribution is 2.46. The maximum atomic E-state index is 6.53. The van der Waals surface area contributed by atoms with E-state index < -0.39 is 0 Å². The van der Waals surface area contributed by atoms with Gasteiger partial charge in [-0.2, -0.15) is 0 Å². The lowest BCUT2D eigenvalue weighted by atomic mass is 9.81. The summed E-state index contributed by atoms with van der Waals surface area (Å²) in [6, 6.07) is 4.37. The van der Waals surface area contributed by atoms with E-state index in [0.29, 0.717) is 0 Å². The van der Waals surface area contributed by atoms with E-state index in [9.17, 15) is 0 Å². The van der Waals surface area contributed by atoms with Crippen LogP contribution in [0.15, 0.2) is 12.1 Å². The van der Waals surface area contributed by atoms with Gasteiger partial charge in [-0.15, -0.1) is 0 Å². The second-order valence-electron chi connectivity index (χ2n) is 6.11. The van der Waals surface area contributed by atoms with Crippen molar-refractivity contribution in [1.82, 2.24) is 5.32 Å². The first-order valence-corrected chi connectivity index (χ1v) is 7.77. The van der Waals surface area contributed by atoms with E-state index in [1.54, 1.807) is 0 Å². The Morgan fingerprint density at radius 3 is 2.75 bits per heavy atom. The third kappa shape index (κ3) is 2.33. The number of benzene rings is 1. The molecule has 0 amide bonds. The molecule has 1 aromatic rings. The maximum absolute atomic E-state index is 6.53. The fraction of sp³-hybridized carbons (Fsp3) is 0.647. The monoisotopic (exact) mass is 275 g/mol. The second-order valence-corrected chi connectivity index (χ2v) is 6.11. The van der Waals surface area contributed by atoms with Gasteiger partial charge in [0.1, 0.15) is 11.4 Å². The van der Waals surface area contributed by atoms with Crippen LogP contribution in [0.1, 0.15) is 49.0 Å². The molecule has 0 radical (unpaired) electrons. The molecule has 3 nitrogen and oxygen atoms in total. The zero-order valence-electron chi connectivity index (χ0n) is 12.8. The second kappa shape index (κ2) is 5.38. The average molecular weight is 275 g/mol. The van der Waals surface area contributed by atoms with Crippen molar-refractivity contribution in [1.29, 1.82) is 0 Å². The Morgan fingerprint density at radius 1 is 1.30 bits per heavy atom. The molecule has 2 heterocycles. The number of nitrogens with one attached hydrogen (secondary N) is 1. The Kier molecular flexibility index (Phi) is 3.74. The van der Waals surface area contributed by atoms with Gasteiger partial charge < -0.3 is 14.8 Å². The van der Waals surface area contributed by atoms with Gasteiger partial charge in [0.05, 0.1) is 6.10 Å². The molecular weight excluding hydrogens is 250 g/mol. The summed E-state index contributed by atoms with van der Waals surface area (Å²) in [5.41, 5.74) is 3.77. The summed E-state index contributed by atoms with van der Waals surface area (Å²) in [5, 5.41) is 3.43. The smallest absolute Gasteiger partial charge is 0.129 e. The SMILES string of the molecule is CCOC1CC2(CCNCC2)Oc2c1ccc(C)c2C. The van der Waals surface area contributed by atoms with Crippen LogP contribution in [0.2, 0.25) is 0 Å². The molecule has 110 valence electrons. The summed E-state index contributed by atoms with van der Waals surface area (Å²) >= 11 is 0. The minimum absolute atomic E-state index is 0.0311. The third-order valence-electron chi connectivity index (χ3n) is 4.81. The molecule has 1 aromatic carbocycles. The number of hydrogen-bond acceptors (Lipinski definition) is 3. The quantitative estimate of drug-likeness (QED) is 0.898. The highest BCUT2D eigenvalue weighted by molar-refractivity contribution is 5.48. The van der Waals surface area contributed by atoms with Crippen molar-refractivity contribution in [3.63, 3.8) is 0 Å². The molecule has 3 rings (SSSR count). The number of rotatable bonds is 2. The van der Waals surface area contributed by atoms with Crippen molar-refractivity contribution in [3.8, 4) is 5.75 Å². The molecule has 1 spiro atoms.